The summed E-state index contributed by atoms with van der Waals surface area (Å²) in [6.07, 6.45) is 4.67. The standard InChI is InChI=1S/C13H24N2O/c1-10-5-4-8-15(11(10)2)13(16)12-6-3-7-14-9-12/h10-12,14H,3-9H2,1-2H3/t10?,11?,12-/m1/s1. The van der Waals surface area contributed by atoms with Crippen LogP contribution in [0.15, 0.2) is 0 Å². The predicted octanol–water partition coefficient (Wildman–Crippen LogP) is 1.63. The number of nitrogens with zero attached hydrogens (tertiary/aromatic N) is 1. The highest BCUT2D eigenvalue weighted by atomic mass is 16.2. The van der Waals surface area contributed by atoms with Gasteiger partial charge < -0.3 is 10.2 Å². The Morgan fingerprint density at radius 2 is 2.06 bits per heavy atom. The Morgan fingerprint density at radius 1 is 1.25 bits per heavy atom. The molecule has 0 saturated carbocycles. The Labute approximate surface area is 98.6 Å². The first-order valence-electron chi connectivity index (χ1n) is 6.71. The van der Waals surface area contributed by atoms with Crippen molar-refractivity contribution in [3.8, 4) is 0 Å². The Kier molecular flexibility index (Phi) is 3.85. The summed E-state index contributed by atoms with van der Waals surface area (Å²) < 4.78 is 0. The average Bonchev–Trinajstić information content (AvgIpc) is 2.33. The van der Waals surface area contributed by atoms with Crippen LogP contribution in [0.2, 0.25) is 0 Å². The Balaban J connectivity index is 1.96. The zero-order chi connectivity index (χ0) is 11.5. The molecular formula is C13H24N2O. The number of hydrogen-bond acceptors (Lipinski definition) is 2. The van der Waals surface area contributed by atoms with Crippen molar-refractivity contribution in [2.75, 3.05) is 19.6 Å². The summed E-state index contributed by atoms with van der Waals surface area (Å²) in [6, 6.07) is 0.433. The Bertz CT molecular complexity index is 248. The molecule has 2 aliphatic heterocycles. The van der Waals surface area contributed by atoms with Gasteiger partial charge in [-0.05, 0) is 45.1 Å². The van der Waals surface area contributed by atoms with Gasteiger partial charge in [-0.2, -0.15) is 0 Å². The van der Waals surface area contributed by atoms with Gasteiger partial charge in [0.2, 0.25) is 5.91 Å². The summed E-state index contributed by atoms with van der Waals surface area (Å²) in [5.41, 5.74) is 0. The second-order valence-electron chi connectivity index (χ2n) is 5.44. The molecule has 1 N–H and O–H groups in total. The van der Waals surface area contributed by atoms with Gasteiger partial charge in [0.25, 0.3) is 0 Å². The van der Waals surface area contributed by atoms with Gasteiger partial charge >= 0.3 is 0 Å². The molecule has 0 aromatic rings. The second-order valence-corrected chi connectivity index (χ2v) is 5.44. The maximum absolute atomic E-state index is 12.4. The SMILES string of the molecule is CC1CCCN(C(=O)[C@@H]2CCCNC2)C1C. The van der Waals surface area contributed by atoms with Gasteiger partial charge in [-0.3, -0.25) is 4.79 Å². The molecule has 0 aromatic heterocycles. The minimum absolute atomic E-state index is 0.238. The lowest BCUT2D eigenvalue weighted by molar-refractivity contribution is -0.140. The van der Waals surface area contributed by atoms with Crippen LogP contribution in [0.3, 0.4) is 0 Å². The molecule has 2 rings (SSSR count). The first-order valence-corrected chi connectivity index (χ1v) is 6.71. The van der Waals surface area contributed by atoms with Crippen molar-refractivity contribution in [3.05, 3.63) is 0 Å². The molecule has 3 nitrogen and oxygen atoms in total. The zero-order valence-corrected chi connectivity index (χ0v) is 10.5. The van der Waals surface area contributed by atoms with Gasteiger partial charge in [0.05, 0.1) is 5.92 Å². The topological polar surface area (TPSA) is 32.3 Å². The lowest BCUT2D eigenvalue weighted by Gasteiger charge is -2.40. The number of rotatable bonds is 1. The normalized spacial score (nSPS) is 36.1. The summed E-state index contributed by atoms with van der Waals surface area (Å²) in [5, 5.41) is 3.33. The fraction of sp³-hybridized carbons (Fsp3) is 0.923. The summed E-state index contributed by atoms with van der Waals surface area (Å²) >= 11 is 0. The number of likely N-dealkylation sites (tertiary alicyclic amines) is 1. The molecule has 3 atom stereocenters. The van der Waals surface area contributed by atoms with Gasteiger partial charge in [0.15, 0.2) is 0 Å². The van der Waals surface area contributed by atoms with E-state index in [2.05, 4.69) is 24.1 Å². The van der Waals surface area contributed by atoms with Crippen molar-refractivity contribution in [2.24, 2.45) is 11.8 Å². The summed E-state index contributed by atoms with van der Waals surface area (Å²) in [6.45, 7) is 7.41. The van der Waals surface area contributed by atoms with Crippen LogP contribution in [-0.2, 0) is 4.79 Å². The van der Waals surface area contributed by atoms with E-state index in [1.54, 1.807) is 0 Å². The highest BCUT2D eigenvalue weighted by molar-refractivity contribution is 5.79. The maximum atomic E-state index is 12.4. The number of amides is 1. The van der Waals surface area contributed by atoms with E-state index in [1.807, 2.05) is 0 Å². The van der Waals surface area contributed by atoms with Crippen molar-refractivity contribution < 1.29 is 4.79 Å². The fourth-order valence-corrected chi connectivity index (χ4v) is 2.94. The zero-order valence-electron chi connectivity index (χ0n) is 10.5. The van der Waals surface area contributed by atoms with Crippen LogP contribution in [-0.4, -0.2) is 36.5 Å². The predicted molar refractivity (Wildman–Crippen MR) is 65.2 cm³/mol. The van der Waals surface area contributed by atoms with Crippen molar-refractivity contribution in [1.82, 2.24) is 10.2 Å². The third-order valence-electron chi connectivity index (χ3n) is 4.30. The quantitative estimate of drug-likeness (QED) is 0.734. The smallest absolute Gasteiger partial charge is 0.227 e. The molecule has 0 spiro atoms. The fourth-order valence-electron chi connectivity index (χ4n) is 2.94. The lowest BCUT2D eigenvalue weighted by atomic mass is 9.89. The first kappa shape index (κ1) is 11.9. The lowest BCUT2D eigenvalue weighted by Crippen LogP contribution is -2.50. The molecular weight excluding hydrogens is 200 g/mol. The first-order chi connectivity index (χ1) is 7.70. The third kappa shape index (κ3) is 2.40. The number of piperidine rings is 2. The van der Waals surface area contributed by atoms with Crippen molar-refractivity contribution in [3.63, 3.8) is 0 Å². The molecule has 1 amide bonds. The molecule has 92 valence electrons. The van der Waals surface area contributed by atoms with Gasteiger partial charge in [0.1, 0.15) is 0 Å². The van der Waals surface area contributed by atoms with Crippen LogP contribution in [0.1, 0.15) is 39.5 Å². The Morgan fingerprint density at radius 3 is 2.75 bits per heavy atom. The number of nitrogens with one attached hydrogen (secondary N) is 1. The minimum Gasteiger partial charge on any atom is -0.339 e. The molecule has 2 fully saturated rings. The number of hydrogen-bond donors (Lipinski definition) is 1. The molecule has 2 aliphatic rings. The largest absolute Gasteiger partial charge is 0.339 e. The van der Waals surface area contributed by atoms with Crippen LogP contribution in [0.4, 0.5) is 0 Å². The van der Waals surface area contributed by atoms with Crippen LogP contribution in [0.25, 0.3) is 0 Å². The van der Waals surface area contributed by atoms with E-state index in [4.69, 9.17) is 0 Å². The summed E-state index contributed by atoms with van der Waals surface area (Å²) in [5.74, 6) is 1.29. The molecule has 2 unspecified atom stereocenters. The monoisotopic (exact) mass is 224 g/mol. The van der Waals surface area contributed by atoms with Crippen LogP contribution >= 0.6 is 0 Å². The molecule has 0 aliphatic carbocycles. The molecule has 0 bridgehead atoms. The van der Waals surface area contributed by atoms with E-state index in [0.717, 1.165) is 32.5 Å². The van der Waals surface area contributed by atoms with E-state index in [1.165, 1.54) is 12.8 Å². The van der Waals surface area contributed by atoms with E-state index >= 15 is 0 Å². The van der Waals surface area contributed by atoms with E-state index < -0.39 is 0 Å². The van der Waals surface area contributed by atoms with Crippen molar-refractivity contribution >= 4 is 5.91 Å². The number of carbonyl (C=O) groups excluding carboxylic acids is 1. The van der Waals surface area contributed by atoms with Crippen LogP contribution in [0.5, 0.6) is 0 Å². The summed E-state index contributed by atoms with van der Waals surface area (Å²) in [7, 11) is 0. The average molecular weight is 224 g/mol. The maximum Gasteiger partial charge on any atom is 0.227 e. The van der Waals surface area contributed by atoms with E-state index in [0.29, 0.717) is 17.9 Å². The molecule has 2 heterocycles. The van der Waals surface area contributed by atoms with Crippen molar-refractivity contribution in [2.45, 2.75) is 45.6 Å². The molecule has 0 radical (unpaired) electrons. The molecule has 2 saturated heterocycles. The van der Waals surface area contributed by atoms with Crippen molar-refractivity contribution in [1.29, 1.82) is 0 Å². The number of carbonyl (C=O) groups is 1. The van der Waals surface area contributed by atoms with E-state index in [9.17, 15) is 4.79 Å². The van der Waals surface area contributed by atoms with E-state index in [-0.39, 0.29) is 5.92 Å². The Hall–Kier alpha value is -0.570. The highest BCUT2D eigenvalue weighted by Crippen LogP contribution is 2.25. The molecule has 16 heavy (non-hydrogen) atoms. The van der Waals surface area contributed by atoms with Crippen LogP contribution in [0, 0.1) is 11.8 Å². The van der Waals surface area contributed by atoms with Gasteiger partial charge in [-0.15, -0.1) is 0 Å². The second kappa shape index (κ2) is 5.17. The minimum atomic E-state index is 0.238. The molecule has 3 heteroatoms. The highest BCUT2D eigenvalue weighted by Gasteiger charge is 2.32. The van der Waals surface area contributed by atoms with Crippen LogP contribution < -0.4 is 5.32 Å². The van der Waals surface area contributed by atoms with Gasteiger partial charge in [-0.25, -0.2) is 0 Å². The van der Waals surface area contributed by atoms with Gasteiger partial charge in [0, 0.05) is 19.1 Å². The van der Waals surface area contributed by atoms with Gasteiger partial charge in [-0.1, -0.05) is 6.92 Å². The summed E-state index contributed by atoms with van der Waals surface area (Å²) in [4.78, 5) is 14.5. The molecule has 0 aromatic carbocycles. The third-order valence-corrected chi connectivity index (χ3v) is 4.30.